The first-order valence-corrected chi connectivity index (χ1v) is 7.96. The summed E-state index contributed by atoms with van der Waals surface area (Å²) in [6.45, 7) is 8.19. The molecule has 1 unspecified atom stereocenters. The molecule has 1 atom stereocenters. The minimum Gasteiger partial charge on any atom is -0.310 e. The predicted octanol–water partition coefficient (Wildman–Crippen LogP) is 2.66. The van der Waals surface area contributed by atoms with Gasteiger partial charge in [-0.3, -0.25) is 9.36 Å². The van der Waals surface area contributed by atoms with Crippen LogP contribution in [0, 0.1) is 6.92 Å². The molecule has 0 bridgehead atoms. The van der Waals surface area contributed by atoms with Crippen LogP contribution in [0.2, 0.25) is 0 Å². The van der Waals surface area contributed by atoms with Gasteiger partial charge in [-0.25, -0.2) is 0 Å². The van der Waals surface area contributed by atoms with Crippen LogP contribution in [0.5, 0.6) is 0 Å². The minimum absolute atomic E-state index is 0.454. The molecular formula is C16H25N5. The van der Waals surface area contributed by atoms with Crippen molar-refractivity contribution in [2.24, 2.45) is 0 Å². The van der Waals surface area contributed by atoms with Gasteiger partial charge in [0.2, 0.25) is 0 Å². The molecule has 0 spiro atoms. The Hall–Kier alpha value is -1.62. The second-order valence-corrected chi connectivity index (χ2v) is 6.11. The molecule has 5 nitrogen and oxygen atoms in total. The molecule has 0 amide bonds. The second kappa shape index (κ2) is 6.02. The highest BCUT2D eigenvalue weighted by atomic mass is 15.3. The maximum atomic E-state index is 4.65. The van der Waals surface area contributed by atoms with Crippen molar-refractivity contribution in [3.05, 3.63) is 35.4 Å². The van der Waals surface area contributed by atoms with Gasteiger partial charge in [0.1, 0.15) is 0 Å². The van der Waals surface area contributed by atoms with Gasteiger partial charge in [-0.15, -0.1) is 0 Å². The number of nitrogens with one attached hydrogen (secondary N) is 1. The average Bonchev–Trinajstić information content (AvgIpc) is 3.10. The van der Waals surface area contributed by atoms with Crippen molar-refractivity contribution in [1.82, 2.24) is 24.9 Å². The molecular weight excluding hydrogens is 262 g/mol. The number of rotatable bonds is 7. The maximum Gasteiger partial charge on any atom is 0.0852 e. The van der Waals surface area contributed by atoms with Gasteiger partial charge in [0.15, 0.2) is 0 Å². The van der Waals surface area contributed by atoms with E-state index in [1.165, 1.54) is 24.1 Å². The molecule has 21 heavy (non-hydrogen) atoms. The Balaban J connectivity index is 1.65. The summed E-state index contributed by atoms with van der Waals surface area (Å²) in [5, 5.41) is 12.7. The normalized spacial score (nSPS) is 16.3. The van der Waals surface area contributed by atoms with Gasteiger partial charge in [-0.2, -0.15) is 10.2 Å². The van der Waals surface area contributed by atoms with Crippen LogP contribution in [-0.4, -0.2) is 25.6 Å². The zero-order chi connectivity index (χ0) is 14.8. The van der Waals surface area contributed by atoms with Gasteiger partial charge < -0.3 is 5.32 Å². The first-order valence-electron chi connectivity index (χ1n) is 7.96. The minimum atomic E-state index is 0.454. The molecule has 1 fully saturated rings. The Kier molecular flexibility index (Phi) is 4.10. The first-order chi connectivity index (χ1) is 10.2. The predicted molar refractivity (Wildman–Crippen MR) is 83.2 cm³/mol. The van der Waals surface area contributed by atoms with E-state index in [9.17, 15) is 0 Å². The molecule has 3 rings (SSSR count). The Morgan fingerprint density at radius 1 is 1.43 bits per heavy atom. The number of aromatic nitrogens is 4. The second-order valence-electron chi connectivity index (χ2n) is 6.11. The third-order valence-corrected chi connectivity index (χ3v) is 4.38. The first kappa shape index (κ1) is 14.3. The molecule has 2 aromatic heterocycles. The third kappa shape index (κ3) is 3.35. The lowest BCUT2D eigenvalue weighted by Gasteiger charge is -2.08. The Morgan fingerprint density at radius 3 is 2.95 bits per heavy atom. The Bertz CT molecular complexity index is 594. The fourth-order valence-corrected chi connectivity index (χ4v) is 2.41. The van der Waals surface area contributed by atoms with Gasteiger partial charge in [0, 0.05) is 36.1 Å². The Morgan fingerprint density at radius 2 is 2.24 bits per heavy atom. The summed E-state index contributed by atoms with van der Waals surface area (Å²) in [6, 6.07) is 3.28. The highest BCUT2D eigenvalue weighted by Gasteiger charge is 2.20. The van der Waals surface area contributed by atoms with E-state index in [-0.39, 0.29) is 0 Å². The van der Waals surface area contributed by atoms with E-state index >= 15 is 0 Å². The van der Waals surface area contributed by atoms with Gasteiger partial charge in [0.05, 0.1) is 18.4 Å². The smallest absolute Gasteiger partial charge is 0.0852 e. The molecule has 0 radical (unpaired) electrons. The Labute approximate surface area is 126 Å². The van der Waals surface area contributed by atoms with Crippen molar-refractivity contribution in [1.29, 1.82) is 0 Å². The van der Waals surface area contributed by atoms with Crippen LogP contribution in [0.15, 0.2) is 18.5 Å². The zero-order valence-corrected chi connectivity index (χ0v) is 13.2. The summed E-state index contributed by atoms with van der Waals surface area (Å²) in [6.07, 6.45) is 7.79. The fraction of sp³-hybridized carbons (Fsp3) is 0.625. The topological polar surface area (TPSA) is 47.7 Å². The fourth-order valence-electron chi connectivity index (χ4n) is 2.41. The summed E-state index contributed by atoms with van der Waals surface area (Å²) in [4.78, 5) is 0. The summed E-state index contributed by atoms with van der Waals surface area (Å²) >= 11 is 0. The summed E-state index contributed by atoms with van der Waals surface area (Å²) in [5.41, 5.74) is 3.60. The molecule has 114 valence electrons. The standard InChI is InChI=1S/C16H25N5/c1-4-12(2)20-8-7-16(19-20)11-21-13(3)14(10-18-21)9-17-15-5-6-15/h7-8,10,12,15,17H,4-6,9,11H2,1-3H3. The zero-order valence-electron chi connectivity index (χ0n) is 13.2. The van der Waals surface area contributed by atoms with E-state index in [1.807, 2.05) is 15.6 Å². The monoisotopic (exact) mass is 287 g/mol. The van der Waals surface area contributed by atoms with E-state index in [0.29, 0.717) is 6.04 Å². The number of nitrogens with zero attached hydrogens (tertiary/aromatic N) is 4. The highest BCUT2D eigenvalue weighted by molar-refractivity contribution is 5.17. The lowest BCUT2D eigenvalue weighted by molar-refractivity contribution is 0.470. The molecule has 1 N–H and O–H groups in total. The van der Waals surface area contributed by atoms with Crippen molar-refractivity contribution in [2.45, 2.75) is 65.2 Å². The molecule has 2 heterocycles. The summed E-state index contributed by atoms with van der Waals surface area (Å²) < 4.78 is 4.09. The van der Waals surface area contributed by atoms with Crippen molar-refractivity contribution >= 4 is 0 Å². The molecule has 1 aliphatic carbocycles. The quantitative estimate of drug-likeness (QED) is 0.851. The molecule has 5 heteroatoms. The lowest BCUT2D eigenvalue weighted by atomic mass is 10.2. The molecule has 1 saturated carbocycles. The van der Waals surface area contributed by atoms with Crippen molar-refractivity contribution < 1.29 is 0 Å². The summed E-state index contributed by atoms with van der Waals surface area (Å²) in [7, 11) is 0. The number of hydrogen-bond acceptors (Lipinski definition) is 3. The van der Waals surface area contributed by atoms with Gasteiger partial charge >= 0.3 is 0 Å². The average molecular weight is 287 g/mol. The van der Waals surface area contributed by atoms with Crippen LogP contribution in [0.4, 0.5) is 0 Å². The summed E-state index contributed by atoms with van der Waals surface area (Å²) in [5.74, 6) is 0. The van der Waals surface area contributed by atoms with Crippen LogP contribution in [0.3, 0.4) is 0 Å². The van der Waals surface area contributed by atoms with Gasteiger partial charge in [-0.1, -0.05) is 6.92 Å². The lowest BCUT2D eigenvalue weighted by Crippen LogP contribution is -2.16. The molecule has 0 saturated heterocycles. The highest BCUT2D eigenvalue weighted by Crippen LogP contribution is 2.20. The van der Waals surface area contributed by atoms with Crippen LogP contribution in [-0.2, 0) is 13.1 Å². The molecule has 1 aliphatic rings. The van der Waals surface area contributed by atoms with Crippen LogP contribution in [0.25, 0.3) is 0 Å². The van der Waals surface area contributed by atoms with E-state index in [4.69, 9.17) is 0 Å². The van der Waals surface area contributed by atoms with Gasteiger partial charge in [-0.05, 0) is 39.2 Å². The third-order valence-electron chi connectivity index (χ3n) is 4.38. The van der Waals surface area contributed by atoms with Crippen LogP contribution >= 0.6 is 0 Å². The van der Waals surface area contributed by atoms with E-state index in [1.54, 1.807) is 0 Å². The maximum absolute atomic E-state index is 4.65. The van der Waals surface area contributed by atoms with Crippen LogP contribution < -0.4 is 5.32 Å². The van der Waals surface area contributed by atoms with Gasteiger partial charge in [0.25, 0.3) is 0 Å². The largest absolute Gasteiger partial charge is 0.310 e. The van der Waals surface area contributed by atoms with E-state index in [2.05, 4.69) is 48.5 Å². The van der Waals surface area contributed by atoms with Crippen molar-refractivity contribution in [3.63, 3.8) is 0 Å². The van der Waals surface area contributed by atoms with Crippen molar-refractivity contribution in [2.75, 3.05) is 0 Å². The molecule has 2 aromatic rings. The van der Waals surface area contributed by atoms with E-state index < -0.39 is 0 Å². The SMILES string of the molecule is CCC(C)n1ccc(Cn2ncc(CNC3CC3)c2C)n1. The molecule has 0 aromatic carbocycles. The number of hydrogen-bond donors (Lipinski definition) is 1. The molecule has 0 aliphatic heterocycles. The van der Waals surface area contributed by atoms with Crippen LogP contribution in [0.1, 0.15) is 56.1 Å². The van der Waals surface area contributed by atoms with E-state index in [0.717, 1.165) is 31.2 Å². The van der Waals surface area contributed by atoms with Crippen molar-refractivity contribution in [3.8, 4) is 0 Å².